The number of nitrogen functional groups attached to an aromatic ring is 1. The van der Waals surface area contributed by atoms with E-state index in [4.69, 9.17) is 5.73 Å². The van der Waals surface area contributed by atoms with Gasteiger partial charge in [-0.15, -0.1) is 0 Å². The minimum Gasteiger partial charge on any atom is -0.396 e. The van der Waals surface area contributed by atoms with E-state index < -0.39 is 0 Å². The Balaban J connectivity index is 2.14. The number of aromatic nitrogens is 2. The van der Waals surface area contributed by atoms with Gasteiger partial charge in [0.2, 0.25) is 0 Å². The van der Waals surface area contributed by atoms with Crippen molar-refractivity contribution in [2.24, 2.45) is 0 Å². The molecule has 0 unspecified atom stereocenters. The standard InChI is InChI=1S/C10H16N4O/c1-2-5-14(7-3-4-7)10(15)9-8(11)6-12-13-9/h6-7H,2-5,11H2,1H3,(H,12,13). The van der Waals surface area contributed by atoms with Gasteiger partial charge in [-0.1, -0.05) is 6.92 Å². The Hall–Kier alpha value is -1.52. The molecule has 1 aromatic heterocycles. The second kappa shape index (κ2) is 3.92. The first-order chi connectivity index (χ1) is 7.24. The summed E-state index contributed by atoms with van der Waals surface area (Å²) in [6, 6.07) is 0.417. The lowest BCUT2D eigenvalue weighted by Gasteiger charge is -2.20. The normalized spacial score (nSPS) is 15.3. The molecule has 0 radical (unpaired) electrons. The summed E-state index contributed by atoms with van der Waals surface area (Å²) in [7, 11) is 0. The van der Waals surface area contributed by atoms with Gasteiger partial charge in [0.15, 0.2) is 0 Å². The van der Waals surface area contributed by atoms with Crippen molar-refractivity contribution in [3.05, 3.63) is 11.9 Å². The number of amides is 1. The molecule has 1 fully saturated rings. The predicted molar refractivity (Wildman–Crippen MR) is 57.3 cm³/mol. The van der Waals surface area contributed by atoms with Crippen LogP contribution in [0.2, 0.25) is 0 Å². The van der Waals surface area contributed by atoms with Crippen molar-refractivity contribution in [3.63, 3.8) is 0 Å². The number of aromatic amines is 1. The summed E-state index contributed by atoms with van der Waals surface area (Å²) in [6.45, 7) is 2.86. The minimum atomic E-state index is -0.0191. The van der Waals surface area contributed by atoms with Crippen molar-refractivity contribution >= 4 is 11.6 Å². The zero-order valence-corrected chi connectivity index (χ0v) is 8.86. The van der Waals surface area contributed by atoms with E-state index in [1.807, 2.05) is 4.90 Å². The van der Waals surface area contributed by atoms with Crippen molar-refractivity contribution in [1.82, 2.24) is 15.1 Å². The van der Waals surface area contributed by atoms with Gasteiger partial charge >= 0.3 is 0 Å². The third-order valence-corrected chi connectivity index (χ3v) is 2.60. The first-order valence-electron chi connectivity index (χ1n) is 5.33. The molecule has 5 nitrogen and oxygen atoms in total. The van der Waals surface area contributed by atoms with Gasteiger partial charge in [0, 0.05) is 12.6 Å². The molecule has 1 saturated carbocycles. The van der Waals surface area contributed by atoms with Gasteiger partial charge in [-0.25, -0.2) is 0 Å². The fourth-order valence-corrected chi connectivity index (χ4v) is 1.69. The van der Waals surface area contributed by atoms with Crippen molar-refractivity contribution in [2.75, 3.05) is 12.3 Å². The molecule has 15 heavy (non-hydrogen) atoms. The van der Waals surface area contributed by atoms with E-state index in [0.29, 0.717) is 17.4 Å². The number of nitrogens with one attached hydrogen (secondary N) is 1. The zero-order valence-electron chi connectivity index (χ0n) is 8.86. The van der Waals surface area contributed by atoms with Crippen LogP contribution in [-0.4, -0.2) is 33.6 Å². The molecule has 1 aromatic rings. The van der Waals surface area contributed by atoms with Gasteiger partial charge in [0.25, 0.3) is 5.91 Å². The molecule has 0 bridgehead atoms. The number of rotatable bonds is 4. The lowest BCUT2D eigenvalue weighted by molar-refractivity contribution is 0.0738. The molecule has 82 valence electrons. The maximum Gasteiger partial charge on any atom is 0.274 e. The Labute approximate surface area is 88.6 Å². The minimum absolute atomic E-state index is 0.0191. The molecular weight excluding hydrogens is 192 g/mol. The molecule has 0 aromatic carbocycles. The van der Waals surface area contributed by atoms with Gasteiger partial charge in [-0.05, 0) is 19.3 Å². The van der Waals surface area contributed by atoms with Crippen LogP contribution in [0.4, 0.5) is 5.69 Å². The van der Waals surface area contributed by atoms with Crippen LogP contribution in [0.25, 0.3) is 0 Å². The summed E-state index contributed by atoms with van der Waals surface area (Å²) in [5, 5.41) is 6.43. The van der Waals surface area contributed by atoms with Crippen molar-refractivity contribution < 1.29 is 4.79 Å². The van der Waals surface area contributed by atoms with Crippen LogP contribution < -0.4 is 5.73 Å². The highest BCUT2D eigenvalue weighted by molar-refractivity contribution is 5.97. The summed E-state index contributed by atoms with van der Waals surface area (Å²) in [6.07, 6.45) is 4.67. The van der Waals surface area contributed by atoms with Gasteiger partial charge in [0.1, 0.15) is 5.69 Å². The van der Waals surface area contributed by atoms with E-state index in [-0.39, 0.29) is 5.91 Å². The van der Waals surface area contributed by atoms with Crippen LogP contribution in [0.15, 0.2) is 6.20 Å². The highest BCUT2D eigenvalue weighted by Crippen LogP contribution is 2.28. The van der Waals surface area contributed by atoms with Crippen molar-refractivity contribution in [2.45, 2.75) is 32.2 Å². The lowest BCUT2D eigenvalue weighted by Crippen LogP contribution is -2.34. The van der Waals surface area contributed by atoms with E-state index >= 15 is 0 Å². The summed E-state index contributed by atoms with van der Waals surface area (Å²) < 4.78 is 0. The first kappa shape index (κ1) is 10.0. The first-order valence-corrected chi connectivity index (χ1v) is 5.33. The number of H-pyrrole nitrogens is 1. The number of hydrogen-bond acceptors (Lipinski definition) is 3. The van der Waals surface area contributed by atoms with Crippen LogP contribution >= 0.6 is 0 Å². The van der Waals surface area contributed by atoms with Gasteiger partial charge in [-0.2, -0.15) is 5.10 Å². The maximum absolute atomic E-state index is 12.1. The van der Waals surface area contributed by atoms with Crippen LogP contribution in [0.5, 0.6) is 0 Å². The quantitative estimate of drug-likeness (QED) is 0.775. The highest BCUT2D eigenvalue weighted by atomic mass is 16.2. The smallest absolute Gasteiger partial charge is 0.274 e. The molecule has 1 heterocycles. The highest BCUT2D eigenvalue weighted by Gasteiger charge is 2.33. The van der Waals surface area contributed by atoms with Crippen molar-refractivity contribution in [3.8, 4) is 0 Å². The molecule has 2 rings (SSSR count). The molecule has 1 aliphatic carbocycles. The van der Waals surface area contributed by atoms with Crippen molar-refractivity contribution in [1.29, 1.82) is 0 Å². The van der Waals surface area contributed by atoms with Gasteiger partial charge < -0.3 is 10.6 Å². The topological polar surface area (TPSA) is 75.0 Å². The third-order valence-electron chi connectivity index (χ3n) is 2.60. The largest absolute Gasteiger partial charge is 0.396 e. The van der Waals surface area contributed by atoms with Crippen LogP contribution in [-0.2, 0) is 0 Å². The van der Waals surface area contributed by atoms with Crippen LogP contribution in [0.3, 0.4) is 0 Å². The van der Waals surface area contributed by atoms with E-state index in [1.165, 1.54) is 6.20 Å². The van der Waals surface area contributed by atoms with Crippen LogP contribution in [0, 0.1) is 0 Å². The Morgan fingerprint density at radius 2 is 2.47 bits per heavy atom. The number of anilines is 1. The predicted octanol–water partition coefficient (Wildman–Crippen LogP) is 1.01. The molecule has 1 aliphatic rings. The lowest BCUT2D eigenvalue weighted by atomic mass is 10.3. The molecule has 1 amide bonds. The molecule has 0 atom stereocenters. The summed E-state index contributed by atoms with van der Waals surface area (Å²) in [5.74, 6) is -0.0191. The second-order valence-electron chi connectivity index (χ2n) is 3.93. The van der Waals surface area contributed by atoms with E-state index in [2.05, 4.69) is 17.1 Å². The molecule has 0 spiro atoms. The van der Waals surface area contributed by atoms with E-state index in [9.17, 15) is 4.79 Å². The summed E-state index contributed by atoms with van der Waals surface area (Å²) in [5.41, 5.74) is 6.51. The average Bonchev–Trinajstić information content (AvgIpc) is 2.97. The number of nitrogens with two attached hydrogens (primary N) is 1. The molecule has 0 aliphatic heterocycles. The SMILES string of the molecule is CCCN(C(=O)c1[nH]ncc1N)C1CC1. The molecular formula is C10H16N4O. The van der Waals surface area contributed by atoms with E-state index in [0.717, 1.165) is 25.8 Å². The third kappa shape index (κ3) is 1.95. The van der Waals surface area contributed by atoms with Gasteiger partial charge in [0.05, 0.1) is 11.9 Å². The Bertz CT molecular complexity index is 356. The number of nitrogens with zero attached hydrogens (tertiary/aromatic N) is 2. The Kier molecular flexibility index (Phi) is 2.62. The molecule has 3 N–H and O–H groups in total. The van der Waals surface area contributed by atoms with Crippen LogP contribution in [0.1, 0.15) is 36.7 Å². The Morgan fingerprint density at radius 3 is 2.93 bits per heavy atom. The van der Waals surface area contributed by atoms with Gasteiger partial charge in [-0.3, -0.25) is 9.89 Å². The van der Waals surface area contributed by atoms with E-state index in [1.54, 1.807) is 0 Å². The zero-order chi connectivity index (χ0) is 10.8. The fraction of sp³-hybridized carbons (Fsp3) is 0.600. The molecule has 0 saturated heterocycles. The average molecular weight is 208 g/mol. The second-order valence-corrected chi connectivity index (χ2v) is 3.93. The number of hydrogen-bond donors (Lipinski definition) is 2. The summed E-state index contributed by atoms with van der Waals surface area (Å²) >= 11 is 0. The maximum atomic E-state index is 12.1. The number of carbonyl (C=O) groups is 1. The molecule has 5 heteroatoms. The monoisotopic (exact) mass is 208 g/mol. The number of carbonyl (C=O) groups excluding carboxylic acids is 1. The fourth-order valence-electron chi connectivity index (χ4n) is 1.69. The summed E-state index contributed by atoms with van der Waals surface area (Å²) in [4.78, 5) is 14.0. The Morgan fingerprint density at radius 1 is 1.73 bits per heavy atom.